The van der Waals surface area contributed by atoms with Gasteiger partial charge in [0.2, 0.25) is 0 Å². The molecule has 0 amide bonds. The van der Waals surface area contributed by atoms with Gasteiger partial charge < -0.3 is 14.6 Å². The van der Waals surface area contributed by atoms with Crippen LogP contribution < -0.4 is 5.32 Å². The van der Waals surface area contributed by atoms with Crippen molar-refractivity contribution in [2.45, 2.75) is 33.4 Å². The zero-order valence-corrected chi connectivity index (χ0v) is 9.04. The van der Waals surface area contributed by atoms with Gasteiger partial charge in [-0.15, -0.1) is 0 Å². The molecule has 0 spiro atoms. The van der Waals surface area contributed by atoms with E-state index < -0.39 is 0 Å². The van der Waals surface area contributed by atoms with Crippen molar-refractivity contribution >= 4 is 0 Å². The van der Waals surface area contributed by atoms with Crippen LogP contribution in [0.5, 0.6) is 0 Å². The second-order valence-electron chi connectivity index (χ2n) is 3.38. The van der Waals surface area contributed by atoms with Crippen LogP contribution in [0.2, 0.25) is 0 Å². The van der Waals surface area contributed by atoms with Gasteiger partial charge in [-0.1, -0.05) is 5.16 Å². The summed E-state index contributed by atoms with van der Waals surface area (Å²) >= 11 is 0. The molecule has 0 aliphatic rings. The van der Waals surface area contributed by atoms with Gasteiger partial charge in [0.05, 0.1) is 18.8 Å². The highest BCUT2D eigenvalue weighted by atomic mass is 16.5. The summed E-state index contributed by atoms with van der Waals surface area (Å²) in [7, 11) is 0. The number of rotatable bonds is 6. The Morgan fingerprint density at radius 2 is 2.43 bits per heavy atom. The number of ether oxygens (including phenoxy) is 1. The van der Waals surface area contributed by atoms with Crippen molar-refractivity contribution < 1.29 is 9.26 Å². The lowest BCUT2D eigenvalue weighted by atomic mass is 10.3. The van der Waals surface area contributed by atoms with Gasteiger partial charge >= 0.3 is 0 Å². The molecule has 1 aromatic heterocycles. The minimum absolute atomic E-state index is 0.334. The normalized spacial score (nSPS) is 13.1. The molecule has 0 saturated heterocycles. The van der Waals surface area contributed by atoms with E-state index in [1.807, 2.05) is 19.9 Å². The molecule has 0 aliphatic heterocycles. The van der Waals surface area contributed by atoms with E-state index >= 15 is 0 Å². The number of aromatic nitrogens is 1. The van der Waals surface area contributed by atoms with Gasteiger partial charge in [0, 0.05) is 18.7 Å². The fourth-order valence-corrected chi connectivity index (χ4v) is 1.13. The average Bonchev–Trinajstić information content (AvgIpc) is 2.58. The van der Waals surface area contributed by atoms with Crippen LogP contribution in [0.1, 0.15) is 25.3 Å². The summed E-state index contributed by atoms with van der Waals surface area (Å²) in [5.41, 5.74) is 0.916. The number of hydrogen-bond donors (Lipinski definition) is 1. The van der Waals surface area contributed by atoms with Crippen LogP contribution in [0, 0.1) is 6.92 Å². The average molecular weight is 198 g/mol. The predicted molar refractivity (Wildman–Crippen MR) is 54.0 cm³/mol. The molecule has 0 fully saturated rings. The molecule has 1 N–H and O–H groups in total. The Bertz CT molecular complexity index is 260. The molecule has 14 heavy (non-hydrogen) atoms. The first-order chi connectivity index (χ1) is 6.72. The van der Waals surface area contributed by atoms with Gasteiger partial charge in [-0.25, -0.2) is 0 Å². The lowest BCUT2D eigenvalue weighted by Gasteiger charge is -2.11. The lowest BCUT2D eigenvalue weighted by Crippen LogP contribution is -2.29. The molecule has 0 saturated carbocycles. The monoisotopic (exact) mass is 198 g/mol. The fraction of sp³-hybridized carbons (Fsp3) is 0.700. The van der Waals surface area contributed by atoms with Crippen molar-refractivity contribution in [1.29, 1.82) is 0 Å². The van der Waals surface area contributed by atoms with E-state index in [9.17, 15) is 0 Å². The lowest BCUT2D eigenvalue weighted by molar-refractivity contribution is 0.126. The summed E-state index contributed by atoms with van der Waals surface area (Å²) in [5, 5.41) is 7.10. The van der Waals surface area contributed by atoms with Gasteiger partial charge in [-0.2, -0.15) is 0 Å². The Hall–Kier alpha value is -0.870. The Labute approximate surface area is 84.6 Å². The third-order valence-electron chi connectivity index (χ3n) is 1.87. The van der Waals surface area contributed by atoms with Crippen LogP contribution >= 0.6 is 0 Å². The third-order valence-corrected chi connectivity index (χ3v) is 1.87. The Morgan fingerprint density at radius 3 is 3.00 bits per heavy atom. The van der Waals surface area contributed by atoms with Crippen LogP contribution in [0.25, 0.3) is 0 Å². The van der Waals surface area contributed by atoms with E-state index in [0.29, 0.717) is 12.6 Å². The Kier molecular flexibility index (Phi) is 4.62. The number of nitrogens with one attached hydrogen (secondary N) is 1. The van der Waals surface area contributed by atoms with Crippen molar-refractivity contribution in [3.8, 4) is 0 Å². The van der Waals surface area contributed by atoms with Gasteiger partial charge in [-0.05, 0) is 20.8 Å². The van der Waals surface area contributed by atoms with E-state index in [0.717, 1.165) is 24.7 Å². The largest absolute Gasteiger partial charge is 0.380 e. The van der Waals surface area contributed by atoms with Gasteiger partial charge in [0.15, 0.2) is 5.76 Å². The summed E-state index contributed by atoms with van der Waals surface area (Å²) in [4.78, 5) is 0. The molecule has 80 valence electrons. The SMILES string of the molecule is CCOCC(C)NCc1cc(C)no1. The topological polar surface area (TPSA) is 47.3 Å². The zero-order chi connectivity index (χ0) is 10.4. The maximum Gasteiger partial charge on any atom is 0.150 e. The van der Waals surface area contributed by atoms with E-state index in [4.69, 9.17) is 9.26 Å². The van der Waals surface area contributed by atoms with Gasteiger partial charge in [-0.3, -0.25) is 0 Å². The van der Waals surface area contributed by atoms with Crippen LogP contribution in [-0.2, 0) is 11.3 Å². The predicted octanol–water partition coefficient (Wildman–Crippen LogP) is 1.50. The number of aryl methyl sites for hydroxylation is 1. The second kappa shape index (κ2) is 5.78. The van der Waals surface area contributed by atoms with Crippen LogP contribution in [-0.4, -0.2) is 24.4 Å². The van der Waals surface area contributed by atoms with Crippen LogP contribution in [0.3, 0.4) is 0 Å². The summed E-state index contributed by atoms with van der Waals surface area (Å²) in [6, 6.07) is 2.26. The van der Waals surface area contributed by atoms with E-state index in [1.165, 1.54) is 0 Å². The molecule has 0 radical (unpaired) electrons. The van der Waals surface area contributed by atoms with Crippen molar-refractivity contribution in [3.05, 3.63) is 17.5 Å². The summed E-state index contributed by atoms with van der Waals surface area (Å²) in [6.07, 6.45) is 0. The standard InChI is InChI=1S/C10H18N2O2/c1-4-13-7-9(3)11-6-10-5-8(2)12-14-10/h5,9,11H,4,6-7H2,1-3H3. The molecule has 0 aromatic carbocycles. The molecule has 1 atom stereocenters. The number of hydrogen-bond acceptors (Lipinski definition) is 4. The molecular weight excluding hydrogens is 180 g/mol. The molecule has 1 rings (SSSR count). The second-order valence-corrected chi connectivity index (χ2v) is 3.38. The van der Waals surface area contributed by atoms with Crippen molar-refractivity contribution in [3.63, 3.8) is 0 Å². The molecule has 4 nitrogen and oxygen atoms in total. The van der Waals surface area contributed by atoms with Crippen molar-refractivity contribution in [2.24, 2.45) is 0 Å². The number of nitrogens with zero attached hydrogens (tertiary/aromatic N) is 1. The smallest absolute Gasteiger partial charge is 0.150 e. The van der Waals surface area contributed by atoms with Crippen LogP contribution in [0.15, 0.2) is 10.6 Å². The zero-order valence-electron chi connectivity index (χ0n) is 9.04. The van der Waals surface area contributed by atoms with E-state index in [2.05, 4.69) is 17.4 Å². The molecule has 4 heteroatoms. The highest BCUT2D eigenvalue weighted by molar-refractivity contribution is 5.02. The molecular formula is C10H18N2O2. The third kappa shape index (κ3) is 3.89. The highest BCUT2D eigenvalue weighted by Gasteiger charge is 2.04. The quantitative estimate of drug-likeness (QED) is 0.752. The summed E-state index contributed by atoms with van der Waals surface area (Å²) in [6.45, 7) is 8.17. The minimum atomic E-state index is 0.334. The van der Waals surface area contributed by atoms with Crippen molar-refractivity contribution in [2.75, 3.05) is 13.2 Å². The summed E-state index contributed by atoms with van der Waals surface area (Å²) in [5.74, 6) is 0.867. The first-order valence-corrected chi connectivity index (χ1v) is 4.95. The molecule has 1 unspecified atom stereocenters. The fourth-order valence-electron chi connectivity index (χ4n) is 1.13. The van der Waals surface area contributed by atoms with Gasteiger partial charge in [0.1, 0.15) is 0 Å². The highest BCUT2D eigenvalue weighted by Crippen LogP contribution is 2.01. The maximum absolute atomic E-state index is 5.28. The summed E-state index contributed by atoms with van der Waals surface area (Å²) < 4.78 is 10.3. The Morgan fingerprint density at radius 1 is 1.64 bits per heavy atom. The molecule has 1 aromatic rings. The maximum atomic E-state index is 5.28. The molecule has 0 aliphatic carbocycles. The minimum Gasteiger partial charge on any atom is -0.380 e. The molecule has 1 heterocycles. The van der Waals surface area contributed by atoms with E-state index in [-0.39, 0.29) is 0 Å². The first-order valence-electron chi connectivity index (χ1n) is 4.95. The molecule has 0 bridgehead atoms. The Balaban J connectivity index is 2.20. The van der Waals surface area contributed by atoms with Gasteiger partial charge in [0.25, 0.3) is 0 Å². The first kappa shape index (κ1) is 11.2. The van der Waals surface area contributed by atoms with Crippen molar-refractivity contribution in [1.82, 2.24) is 10.5 Å². The van der Waals surface area contributed by atoms with E-state index in [1.54, 1.807) is 0 Å². The van der Waals surface area contributed by atoms with Crippen LogP contribution in [0.4, 0.5) is 0 Å².